The molecule has 6 rings (SSSR count). The van der Waals surface area contributed by atoms with E-state index in [-0.39, 0.29) is 12.5 Å². The molecule has 0 atom stereocenters. The summed E-state index contributed by atoms with van der Waals surface area (Å²) >= 11 is 1.66. The molecule has 0 bridgehead atoms. The van der Waals surface area contributed by atoms with Crippen molar-refractivity contribution in [1.82, 2.24) is 14.5 Å². The van der Waals surface area contributed by atoms with Crippen LogP contribution >= 0.6 is 11.3 Å². The Kier molecular flexibility index (Phi) is 7.34. The number of methoxy groups -OCH3 is 2. The van der Waals surface area contributed by atoms with Gasteiger partial charge in [0, 0.05) is 10.8 Å². The molecule has 5 aromatic rings. The van der Waals surface area contributed by atoms with Gasteiger partial charge in [-0.3, -0.25) is 4.79 Å². The minimum atomic E-state index is -0.405. The Morgan fingerprint density at radius 2 is 1.76 bits per heavy atom. The third-order valence-corrected chi connectivity index (χ3v) is 9.25. The second-order valence-corrected chi connectivity index (χ2v) is 11.9. The Balaban J connectivity index is 1.57. The zero-order chi connectivity index (χ0) is 28.7. The lowest BCUT2D eigenvalue weighted by atomic mass is 9.81. The Morgan fingerprint density at radius 1 is 0.951 bits per heavy atom. The van der Waals surface area contributed by atoms with Gasteiger partial charge in [-0.25, -0.2) is 14.8 Å². The average Bonchev–Trinajstić information content (AvgIpc) is 3.51. The molecule has 41 heavy (non-hydrogen) atoms. The number of rotatable bonds is 6. The molecule has 2 aromatic carbocycles. The second-order valence-electron chi connectivity index (χ2n) is 10.7. The molecule has 3 heterocycles. The minimum absolute atomic E-state index is 0.0406. The fourth-order valence-corrected chi connectivity index (χ4v) is 7.15. The van der Waals surface area contributed by atoms with Crippen LogP contribution in [0.3, 0.4) is 0 Å². The van der Waals surface area contributed by atoms with Crippen molar-refractivity contribution >= 4 is 45.1 Å². The van der Waals surface area contributed by atoms with E-state index < -0.39 is 5.97 Å². The van der Waals surface area contributed by atoms with Crippen LogP contribution in [0.15, 0.2) is 48.5 Å². The maximum atomic E-state index is 12.7. The van der Waals surface area contributed by atoms with Gasteiger partial charge in [-0.15, -0.1) is 11.3 Å². The normalized spacial score (nSPS) is 14.0. The molecule has 0 amide bonds. The second kappa shape index (κ2) is 11.1. The van der Waals surface area contributed by atoms with Crippen molar-refractivity contribution in [2.45, 2.75) is 58.4 Å². The molecule has 1 fully saturated rings. The molecule has 1 aliphatic carbocycles. The van der Waals surface area contributed by atoms with Gasteiger partial charge in [-0.05, 0) is 74.1 Å². The molecule has 8 heteroatoms. The standard InChI is InChI=1S/C33H33N3O4S/c1-19-32(41-20(2)34-19)27-15-11-22-16-23(12-14-26(22)35-27)31-30(21-8-6-5-7-9-21)25-13-10-24(33(38)40-4)17-28(25)36(31)18-29(37)39-3/h10-17,21H,5-9,18H2,1-4H3. The molecule has 0 N–H and O–H groups in total. The Labute approximate surface area is 243 Å². The van der Waals surface area contributed by atoms with E-state index in [0.29, 0.717) is 11.5 Å². The summed E-state index contributed by atoms with van der Waals surface area (Å²) in [4.78, 5) is 35.8. The average molecular weight is 568 g/mol. The van der Waals surface area contributed by atoms with E-state index in [1.807, 2.05) is 36.6 Å². The first-order valence-corrected chi connectivity index (χ1v) is 14.9. The summed E-state index contributed by atoms with van der Waals surface area (Å²) in [5, 5.41) is 3.11. The quantitative estimate of drug-likeness (QED) is 0.196. The third-order valence-electron chi connectivity index (χ3n) is 8.15. The lowest BCUT2D eigenvalue weighted by Crippen LogP contribution is -2.13. The van der Waals surface area contributed by atoms with Crippen LogP contribution in [0.25, 0.3) is 43.6 Å². The first-order chi connectivity index (χ1) is 19.9. The number of esters is 2. The van der Waals surface area contributed by atoms with Crippen molar-refractivity contribution < 1.29 is 19.1 Å². The summed E-state index contributed by atoms with van der Waals surface area (Å²) in [6, 6.07) is 16.2. The molecule has 0 radical (unpaired) electrons. The number of hydrogen-bond acceptors (Lipinski definition) is 7. The fourth-order valence-electron chi connectivity index (χ4n) is 6.26. The van der Waals surface area contributed by atoms with Crippen molar-refractivity contribution in [2.75, 3.05) is 14.2 Å². The molecule has 1 aliphatic rings. The first-order valence-electron chi connectivity index (χ1n) is 14.0. The molecule has 210 valence electrons. The maximum absolute atomic E-state index is 12.7. The van der Waals surface area contributed by atoms with Crippen LogP contribution in [-0.2, 0) is 20.8 Å². The van der Waals surface area contributed by atoms with Crippen molar-refractivity contribution in [3.8, 4) is 21.8 Å². The number of aryl methyl sites for hydroxylation is 2. The van der Waals surface area contributed by atoms with Crippen molar-refractivity contribution in [2.24, 2.45) is 0 Å². The van der Waals surface area contributed by atoms with Crippen LogP contribution in [0.2, 0.25) is 0 Å². The van der Waals surface area contributed by atoms with Crippen LogP contribution in [0, 0.1) is 13.8 Å². The van der Waals surface area contributed by atoms with Gasteiger partial charge < -0.3 is 14.0 Å². The summed E-state index contributed by atoms with van der Waals surface area (Å²) in [5.74, 6) is -0.389. The molecule has 0 saturated heterocycles. The topological polar surface area (TPSA) is 83.3 Å². The number of nitrogens with zero attached hydrogens (tertiary/aromatic N) is 3. The predicted molar refractivity (Wildman–Crippen MR) is 162 cm³/mol. The lowest BCUT2D eigenvalue weighted by Gasteiger charge is -2.24. The molecule has 0 spiro atoms. The fraction of sp³-hybridized carbons (Fsp3) is 0.333. The van der Waals surface area contributed by atoms with Gasteiger partial charge in [-0.1, -0.05) is 37.5 Å². The highest BCUT2D eigenvalue weighted by Gasteiger charge is 2.28. The highest BCUT2D eigenvalue weighted by molar-refractivity contribution is 7.15. The van der Waals surface area contributed by atoms with Gasteiger partial charge in [0.25, 0.3) is 0 Å². The smallest absolute Gasteiger partial charge is 0.337 e. The van der Waals surface area contributed by atoms with E-state index in [2.05, 4.69) is 35.3 Å². The van der Waals surface area contributed by atoms with E-state index in [0.717, 1.165) is 67.2 Å². The Morgan fingerprint density at radius 3 is 2.46 bits per heavy atom. The van der Waals surface area contributed by atoms with E-state index in [9.17, 15) is 9.59 Å². The summed E-state index contributed by atoms with van der Waals surface area (Å²) < 4.78 is 12.2. The Bertz CT molecular complexity index is 1800. The van der Waals surface area contributed by atoms with Crippen molar-refractivity contribution in [3.63, 3.8) is 0 Å². The summed E-state index contributed by atoms with van der Waals surface area (Å²) in [7, 11) is 2.78. The number of aromatic nitrogens is 3. The molecule has 7 nitrogen and oxygen atoms in total. The Hall–Kier alpha value is -4.04. The van der Waals surface area contributed by atoms with Gasteiger partial charge in [0.15, 0.2) is 0 Å². The molecule has 0 aliphatic heterocycles. The highest BCUT2D eigenvalue weighted by Crippen LogP contribution is 2.45. The zero-order valence-electron chi connectivity index (χ0n) is 23.8. The van der Waals surface area contributed by atoms with Crippen LogP contribution in [0.5, 0.6) is 0 Å². The minimum Gasteiger partial charge on any atom is -0.468 e. The third kappa shape index (κ3) is 5.01. The summed E-state index contributed by atoms with van der Waals surface area (Å²) in [6.07, 6.45) is 5.77. The molecular formula is C33H33N3O4S. The largest absolute Gasteiger partial charge is 0.468 e. The molecular weight excluding hydrogens is 534 g/mol. The molecule has 3 aromatic heterocycles. The number of ether oxygens (including phenoxy) is 2. The SMILES string of the molecule is COC(=O)Cn1c(-c2ccc3nc(-c4sc(C)nc4C)ccc3c2)c(C2CCCCC2)c2ccc(C(=O)OC)cc21. The van der Waals surface area contributed by atoms with Gasteiger partial charge in [-0.2, -0.15) is 0 Å². The van der Waals surface area contributed by atoms with E-state index >= 15 is 0 Å². The number of hydrogen-bond donors (Lipinski definition) is 0. The van der Waals surface area contributed by atoms with E-state index in [1.54, 1.807) is 11.3 Å². The van der Waals surface area contributed by atoms with E-state index in [1.165, 1.54) is 39.0 Å². The van der Waals surface area contributed by atoms with Gasteiger partial charge >= 0.3 is 11.9 Å². The van der Waals surface area contributed by atoms with Crippen molar-refractivity contribution in [1.29, 1.82) is 0 Å². The first kappa shape index (κ1) is 27.1. The number of carbonyl (C=O) groups excluding carboxylic acids is 2. The van der Waals surface area contributed by atoms with Crippen LogP contribution in [0.4, 0.5) is 0 Å². The number of benzene rings is 2. The predicted octanol–water partition coefficient (Wildman–Crippen LogP) is 7.60. The lowest BCUT2D eigenvalue weighted by molar-refractivity contribution is -0.141. The molecule has 1 saturated carbocycles. The number of fused-ring (bicyclic) bond motifs is 2. The highest BCUT2D eigenvalue weighted by atomic mass is 32.1. The number of thiazole rings is 1. The number of pyridine rings is 1. The van der Waals surface area contributed by atoms with Gasteiger partial charge in [0.05, 0.1) is 57.8 Å². The van der Waals surface area contributed by atoms with Gasteiger partial charge in [0.1, 0.15) is 6.54 Å². The monoisotopic (exact) mass is 567 g/mol. The zero-order valence-corrected chi connectivity index (χ0v) is 24.6. The summed E-state index contributed by atoms with van der Waals surface area (Å²) in [6.45, 7) is 4.07. The van der Waals surface area contributed by atoms with Crippen molar-refractivity contribution in [3.05, 3.63) is 70.4 Å². The van der Waals surface area contributed by atoms with Crippen LogP contribution in [-0.4, -0.2) is 40.7 Å². The summed E-state index contributed by atoms with van der Waals surface area (Å²) in [5.41, 5.74) is 7.35. The van der Waals surface area contributed by atoms with E-state index in [4.69, 9.17) is 14.5 Å². The van der Waals surface area contributed by atoms with Crippen LogP contribution in [0.1, 0.15) is 64.6 Å². The maximum Gasteiger partial charge on any atom is 0.337 e. The number of carbonyl (C=O) groups is 2. The van der Waals surface area contributed by atoms with Crippen LogP contribution < -0.4 is 0 Å². The van der Waals surface area contributed by atoms with Gasteiger partial charge in [0.2, 0.25) is 0 Å². The molecule has 0 unspecified atom stereocenters.